The number of hydrogen-bond donors (Lipinski definition) is 2. The lowest BCUT2D eigenvalue weighted by Crippen LogP contribution is -2.15. The second-order valence-corrected chi connectivity index (χ2v) is 6.47. The van der Waals surface area contributed by atoms with Crippen LogP contribution in [0.1, 0.15) is 11.3 Å². The van der Waals surface area contributed by atoms with Crippen LogP contribution in [0.2, 0.25) is 0 Å². The fourth-order valence-corrected chi connectivity index (χ4v) is 2.99. The molecule has 0 spiro atoms. The topological polar surface area (TPSA) is 68.3 Å². The molecule has 1 aliphatic rings. The molecule has 3 aromatic rings. The van der Waals surface area contributed by atoms with Gasteiger partial charge in [-0.15, -0.1) is 0 Å². The lowest BCUT2D eigenvalue weighted by Gasteiger charge is -2.19. The number of fused-ring (bicyclic) bond motifs is 1. The summed E-state index contributed by atoms with van der Waals surface area (Å²) < 4.78 is 24.9. The van der Waals surface area contributed by atoms with E-state index in [1.54, 1.807) is 12.1 Å². The smallest absolute Gasteiger partial charge is 0.224 e. The van der Waals surface area contributed by atoms with Gasteiger partial charge in [0.15, 0.2) is 11.5 Å². The van der Waals surface area contributed by atoms with Gasteiger partial charge < -0.3 is 20.1 Å². The number of aromatic nitrogens is 2. The summed E-state index contributed by atoms with van der Waals surface area (Å²) in [5, 5.41) is 6.43. The number of benzene rings is 2. The molecule has 0 saturated carbocycles. The average Bonchev–Trinajstić information content (AvgIpc) is 2.69. The molecule has 0 unspecified atom stereocenters. The molecule has 7 heteroatoms. The van der Waals surface area contributed by atoms with E-state index in [1.807, 2.05) is 37.3 Å². The quantitative estimate of drug-likeness (QED) is 0.671. The predicted octanol–water partition coefficient (Wildman–Crippen LogP) is 4.09. The molecule has 0 saturated heterocycles. The van der Waals surface area contributed by atoms with Crippen molar-refractivity contribution in [3.63, 3.8) is 0 Å². The Hall–Kier alpha value is -3.35. The minimum Gasteiger partial charge on any atom is -0.486 e. The normalized spacial score (nSPS) is 12.5. The number of rotatable bonds is 6. The van der Waals surface area contributed by atoms with Crippen LogP contribution in [-0.4, -0.2) is 29.7 Å². The highest BCUT2D eigenvalue weighted by molar-refractivity contribution is 5.62. The molecule has 2 heterocycles. The Bertz CT molecular complexity index is 980. The minimum absolute atomic E-state index is 0.199. The second-order valence-electron chi connectivity index (χ2n) is 6.47. The predicted molar refractivity (Wildman–Crippen MR) is 106 cm³/mol. The maximum absolute atomic E-state index is 13.7. The number of anilines is 3. The third kappa shape index (κ3) is 4.31. The highest BCUT2D eigenvalue weighted by Crippen LogP contribution is 2.33. The highest BCUT2D eigenvalue weighted by atomic mass is 19.1. The van der Waals surface area contributed by atoms with Crippen LogP contribution < -0.4 is 20.1 Å². The number of aryl methyl sites for hydroxylation is 1. The molecular formula is C21H21FN4O2. The monoisotopic (exact) mass is 380 g/mol. The molecule has 1 aliphatic heterocycles. The van der Waals surface area contributed by atoms with Crippen LogP contribution in [0.5, 0.6) is 11.5 Å². The molecule has 2 aromatic carbocycles. The van der Waals surface area contributed by atoms with Crippen molar-refractivity contribution < 1.29 is 13.9 Å². The van der Waals surface area contributed by atoms with E-state index in [9.17, 15) is 4.39 Å². The lowest BCUT2D eigenvalue weighted by atomic mass is 10.1. The molecule has 0 amide bonds. The van der Waals surface area contributed by atoms with Crippen molar-refractivity contribution in [3.8, 4) is 11.5 Å². The highest BCUT2D eigenvalue weighted by Gasteiger charge is 2.12. The standard InChI is InChI=1S/C21H21FN4O2/c1-14-12-20(25-16-6-7-18-19(13-16)28-11-10-27-18)26-21(24-14)23-9-8-15-4-2-3-5-17(15)22/h2-7,12-13H,8-11H2,1H3,(H2,23,24,25,26). The first-order chi connectivity index (χ1) is 13.7. The van der Waals surface area contributed by atoms with Gasteiger partial charge in [0.2, 0.25) is 5.95 Å². The van der Waals surface area contributed by atoms with Crippen LogP contribution in [0.25, 0.3) is 0 Å². The van der Waals surface area contributed by atoms with Gasteiger partial charge in [-0.05, 0) is 37.1 Å². The fraction of sp³-hybridized carbons (Fsp3) is 0.238. The average molecular weight is 380 g/mol. The molecule has 0 atom stereocenters. The summed E-state index contributed by atoms with van der Waals surface area (Å²) in [6.07, 6.45) is 0.550. The van der Waals surface area contributed by atoms with E-state index in [2.05, 4.69) is 20.6 Å². The van der Waals surface area contributed by atoms with Crippen LogP contribution in [0.15, 0.2) is 48.5 Å². The molecule has 6 nitrogen and oxygen atoms in total. The second kappa shape index (κ2) is 8.12. The van der Waals surface area contributed by atoms with Crippen molar-refractivity contribution in [2.75, 3.05) is 30.4 Å². The van der Waals surface area contributed by atoms with Gasteiger partial charge >= 0.3 is 0 Å². The summed E-state index contributed by atoms with van der Waals surface area (Å²) in [6, 6.07) is 14.3. The van der Waals surface area contributed by atoms with Gasteiger partial charge in [-0.1, -0.05) is 18.2 Å². The Balaban J connectivity index is 1.43. The summed E-state index contributed by atoms with van der Waals surface area (Å²) in [7, 11) is 0. The number of ether oxygens (including phenoxy) is 2. The molecule has 0 fully saturated rings. The number of nitrogens with zero attached hydrogens (tertiary/aromatic N) is 2. The molecule has 144 valence electrons. The largest absolute Gasteiger partial charge is 0.486 e. The zero-order valence-corrected chi connectivity index (χ0v) is 15.5. The first-order valence-corrected chi connectivity index (χ1v) is 9.17. The Morgan fingerprint density at radius 2 is 1.82 bits per heavy atom. The van der Waals surface area contributed by atoms with Gasteiger partial charge in [-0.3, -0.25) is 0 Å². The molecule has 0 bridgehead atoms. The number of hydrogen-bond acceptors (Lipinski definition) is 6. The molecule has 1 aromatic heterocycles. The summed E-state index contributed by atoms with van der Waals surface area (Å²) in [5.74, 6) is 2.42. The fourth-order valence-electron chi connectivity index (χ4n) is 2.99. The minimum atomic E-state index is -0.199. The van der Waals surface area contributed by atoms with Gasteiger partial charge in [-0.2, -0.15) is 4.98 Å². The lowest BCUT2D eigenvalue weighted by molar-refractivity contribution is 0.171. The third-order valence-electron chi connectivity index (χ3n) is 4.30. The number of nitrogens with one attached hydrogen (secondary N) is 2. The first kappa shape index (κ1) is 18.0. The Morgan fingerprint density at radius 1 is 1.00 bits per heavy atom. The van der Waals surface area contributed by atoms with Crippen LogP contribution in [0, 0.1) is 12.7 Å². The zero-order valence-electron chi connectivity index (χ0n) is 15.5. The summed E-state index contributed by atoms with van der Waals surface area (Å²) in [5.41, 5.74) is 2.33. The van der Waals surface area contributed by atoms with E-state index in [4.69, 9.17) is 9.47 Å². The first-order valence-electron chi connectivity index (χ1n) is 9.17. The van der Waals surface area contributed by atoms with Crippen molar-refractivity contribution in [1.29, 1.82) is 0 Å². The Labute approximate surface area is 162 Å². The van der Waals surface area contributed by atoms with Crippen LogP contribution in [0.3, 0.4) is 0 Å². The van der Waals surface area contributed by atoms with E-state index in [1.165, 1.54) is 6.07 Å². The van der Waals surface area contributed by atoms with E-state index < -0.39 is 0 Å². The zero-order chi connectivity index (χ0) is 19.3. The summed E-state index contributed by atoms with van der Waals surface area (Å²) in [4.78, 5) is 8.89. The van der Waals surface area contributed by atoms with Gasteiger partial charge in [0.1, 0.15) is 24.8 Å². The van der Waals surface area contributed by atoms with E-state index >= 15 is 0 Å². The van der Waals surface area contributed by atoms with Crippen molar-refractivity contribution in [2.24, 2.45) is 0 Å². The van der Waals surface area contributed by atoms with Crippen molar-refractivity contribution in [1.82, 2.24) is 9.97 Å². The maximum atomic E-state index is 13.7. The molecule has 0 aliphatic carbocycles. The van der Waals surface area contributed by atoms with E-state index in [0.29, 0.717) is 49.3 Å². The Morgan fingerprint density at radius 3 is 2.68 bits per heavy atom. The van der Waals surface area contributed by atoms with Crippen molar-refractivity contribution in [2.45, 2.75) is 13.3 Å². The molecule has 0 radical (unpaired) electrons. The number of halogens is 1. The third-order valence-corrected chi connectivity index (χ3v) is 4.30. The summed E-state index contributed by atoms with van der Waals surface area (Å²) >= 11 is 0. The summed E-state index contributed by atoms with van der Waals surface area (Å²) in [6.45, 7) is 3.54. The van der Waals surface area contributed by atoms with Gasteiger partial charge in [0.05, 0.1) is 0 Å². The van der Waals surface area contributed by atoms with Crippen LogP contribution in [0.4, 0.5) is 21.8 Å². The van der Waals surface area contributed by atoms with Crippen LogP contribution >= 0.6 is 0 Å². The van der Waals surface area contributed by atoms with Gasteiger partial charge in [0, 0.05) is 30.1 Å². The van der Waals surface area contributed by atoms with Crippen molar-refractivity contribution in [3.05, 3.63) is 65.6 Å². The van der Waals surface area contributed by atoms with Crippen molar-refractivity contribution >= 4 is 17.5 Å². The molecular weight excluding hydrogens is 359 g/mol. The van der Waals surface area contributed by atoms with E-state index in [0.717, 1.165) is 17.1 Å². The van der Waals surface area contributed by atoms with Gasteiger partial charge in [0.25, 0.3) is 0 Å². The SMILES string of the molecule is Cc1cc(Nc2ccc3c(c2)OCCO3)nc(NCCc2ccccc2F)n1. The molecule has 2 N–H and O–H groups in total. The van der Waals surface area contributed by atoms with Crippen LogP contribution in [-0.2, 0) is 6.42 Å². The molecule has 4 rings (SSSR count). The maximum Gasteiger partial charge on any atom is 0.224 e. The van der Waals surface area contributed by atoms with E-state index in [-0.39, 0.29) is 5.82 Å². The van der Waals surface area contributed by atoms with Gasteiger partial charge in [-0.25, -0.2) is 9.37 Å². The molecule has 28 heavy (non-hydrogen) atoms. The Kier molecular flexibility index (Phi) is 5.23.